The van der Waals surface area contributed by atoms with Crippen molar-refractivity contribution in [2.45, 2.75) is 62.4 Å². The van der Waals surface area contributed by atoms with E-state index in [0.29, 0.717) is 50.4 Å². The molecule has 73 heavy (non-hydrogen) atoms. The van der Waals surface area contributed by atoms with Gasteiger partial charge < -0.3 is 28.5 Å². The van der Waals surface area contributed by atoms with Crippen LogP contribution < -0.4 is 5.32 Å². The summed E-state index contributed by atoms with van der Waals surface area (Å²) in [6.07, 6.45) is 4.47. The van der Waals surface area contributed by atoms with Crippen LogP contribution in [0.5, 0.6) is 0 Å². The van der Waals surface area contributed by atoms with E-state index in [1.165, 1.54) is 14.2 Å². The van der Waals surface area contributed by atoms with Gasteiger partial charge in [-0.25, -0.2) is 14.8 Å². The average molecular weight is 1000 g/mol. The van der Waals surface area contributed by atoms with Crippen LogP contribution in [0.15, 0.2) is 203 Å². The summed E-state index contributed by atoms with van der Waals surface area (Å²) in [6, 6.07) is 57.0. The van der Waals surface area contributed by atoms with Crippen molar-refractivity contribution in [2.24, 2.45) is 0 Å². The van der Waals surface area contributed by atoms with E-state index in [1.54, 1.807) is 24.2 Å². The standard InChI is InChI=1S/C29H26N2O4.C15H16N2O3.C14H11ClO.C2H6/c1-34-29(33)24-17-23(27-30-18-25(35-27)20-11-5-2-6-12-20)19-31(24)28(32)26(21-13-7-3-8-14-21)22-15-9-4-10-16-22;1-19-15(18)12-7-11(8-16-12)14-17-9-13(20-14)10-5-3-2-4-6-10;15-14(16)13(11-7-3-1-4-8-11)12-9-5-2-6-10-12;1-2/h2-16,18,23-24,26H,17,19H2,1H3;2-6,9,11-12,16H,7-8H2,1H3;1-10,13H;1-2H3/t23-,24-;11-,12-;;/m00../s1/i;;;1D. The zero-order valence-electron chi connectivity index (χ0n) is 42.0. The normalized spacial score (nSPS) is 16.9. The zero-order valence-corrected chi connectivity index (χ0v) is 41.7. The minimum atomic E-state index is -0.709. The van der Waals surface area contributed by atoms with Gasteiger partial charge in [-0.3, -0.25) is 14.4 Å². The van der Waals surface area contributed by atoms with Crippen molar-refractivity contribution in [3.8, 4) is 22.6 Å². The SMILES string of the molecule is COC(=O)[C@@H]1C[C@H](c2ncc(-c3ccccc3)o2)CN1.COC(=O)[C@@H]1C[C@H](c2ncc(-c3ccccc3)o2)CN1C(=O)C(c1ccccc1)c1ccccc1.O=C(Cl)C(c1ccccc1)c1ccccc1.[2H]CC. The fourth-order valence-electron chi connectivity index (χ4n) is 8.97. The van der Waals surface area contributed by atoms with Gasteiger partial charge in [0.25, 0.3) is 0 Å². The lowest BCUT2D eigenvalue weighted by atomic mass is 9.90. The number of halogens is 1. The molecule has 2 aliphatic heterocycles. The summed E-state index contributed by atoms with van der Waals surface area (Å²) in [6.45, 7) is 3.29. The number of rotatable bonds is 12. The Bertz CT molecular complexity index is 2900. The van der Waals surface area contributed by atoms with Crippen LogP contribution >= 0.6 is 11.6 Å². The molecule has 374 valence electrons. The Morgan fingerprint density at radius 1 is 0.589 bits per heavy atom. The van der Waals surface area contributed by atoms with E-state index in [0.717, 1.165) is 39.1 Å². The third-order valence-electron chi connectivity index (χ3n) is 12.5. The molecular weight excluding hydrogens is 940 g/mol. The van der Waals surface area contributed by atoms with Crippen molar-refractivity contribution >= 4 is 34.7 Å². The number of hydrogen-bond acceptors (Lipinski definition) is 11. The van der Waals surface area contributed by atoms with Crippen molar-refractivity contribution in [3.63, 3.8) is 0 Å². The van der Waals surface area contributed by atoms with Gasteiger partial charge in [-0.05, 0) is 46.7 Å². The molecule has 0 radical (unpaired) electrons. The highest BCUT2D eigenvalue weighted by Crippen LogP contribution is 2.38. The second kappa shape index (κ2) is 26.5. The third-order valence-corrected chi connectivity index (χ3v) is 12.8. The van der Waals surface area contributed by atoms with Gasteiger partial charge in [0.1, 0.15) is 12.1 Å². The van der Waals surface area contributed by atoms with Crippen molar-refractivity contribution in [1.82, 2.24) is 20.2 Å². The molecule has 6 aromatic carbocycles. The molecule has 4 heterocycles. The maximum absolute atomic E-state index is 14.0. The van der Waals surface area contributed by atoms with Crippen LogP contribution in [-0.2, 0) is 28.7 Å². The molecule has 2 saturated heterocycles. The molecule has 0 bridgehead atoms. The van der Waals surface area contributed by atoms with Gasteiger partial charge in [0, 0.05) is 25.6 Å². The fraction of sp³-hybridized carbons (Fsp3) is 0.233. The minimum Gasteiger partial charge on any atom is -0.468 e. The number of amides is 1. The second-order valence-electron chi connectivity index (χ2n) is 17.0. The first-order valence-corrected chi connectivity index (χ1v) is 24.4. The summed E-state index contributed by atoms with van der Waals surface area (Å²) >= 11 is 5.67. The lowest BCUT2D eigenvalue weighted by Crippen LogP contribution is -2.43. The molecule has 13 heteroatoms. The molecule has 12 nitrogen and oxygen atoms in total. The zero-order chi connectivity index (χ0) is 52.2. The number of hydrogen-bond donors (Lipinski definition) is 1. The number of nitrogens with one attached hydrogen (secondary N) is 1. The van der Waals surface area contributed by atoms with Gasteiger partial charge >= 0.3 is 11.9 Å². The van der Waals surface area contributed by atoms with Crippen molar-refractivity contribution in [3.05, 3.63) is 228 Å². The van der Waals surface area contributed by atoms with E-state index in [9.17, 15) is 19.2 Å². The van der Waals surface area contributed by atoms with Crippen LogP contribution in [0.4, 0.5) is 0 Å². The molecule has 1 N–H and O–H groups in total. The van der Waals surface area contributed by atoms with Crippen LogP contribution in [0, 0.1) is 0 Å². The number of carbonyl (C=O) groups is 4. The molecule has 0 aliphatic carbocycles. The lowest BCUT2D eigenvalue weighted by Gasteiger charge is -2.28. The van der Waals surface area contributed by atoms with Crippen molar-refractivity contribution < 1.29 is 38.9 Å². The van der Waals surface area contributed by atoms with E-state index >= 15 is 0 Å². The number of likely N-dealkylation sites (tertiary alicyclic amines) is 1. The Balaban J connectivity index is 0.000000173. The van der Waals surface area contributed by atoms with Gasteiger partial charge in [-0.1, -0.05) is 196 Å². The largest absolute Gasteiger partial charge is 0.468 e. The maximum atomic E-state index is 14.0. The molecular formula is C60H59ClN4O8. The van der Waals surface area contributed by atoms with Crippen LogP contribution in [0.3, 0.4) is 0 Å². The molecule has 4 atom stereocenters. The van der Waals surface area contributed by atoms with Crippen molar-refractivity contribution in [1.29, 1.82) is 0 Å². The van der Waals surface area contributed by atoms with Crippen LogP contribution in [0.2, 0.25) is 0 Å². The summed E-state index contributed by atoms with van der Waals surface area (Å²) in [5.41, 5.74) is 5.52. The summed E-state index contributed by atoms with van der Waals surface area (Å²) in [5, 5.41) is 2.78. The Morgan fingerprint density at radius 3 is 1.37 bits per heavy atom. The molecule has 2 fully saturated rings. The quantitative estimate of drug-likeness (QED) is 0.0919. The van der Waals surface area contributed by atoms with E-state index in [4.69, 9.17) is 31.3 Å². The Hall–Kier alpha value is -7.93. The molecule has 10 rings (SSSR count). The first-order valence-electron chi connectivity index (χ1n) is 24.7. The number of aromatic nitrogens is 2. The van der Waals surface area contributed by atoms with Gasteiger partial charge in [0.05, 0.1) is 50.3 Å². The number of carbonyl (C=O) groups excluding carboxylic acids is 4. The molecule has 0 saturated carbocycles. The summed E-state index contributed by atoms with van der Waals surface area (Å²) in [4.78, 5) is 60.3. The Kier molecular flexibility index (Phi) is 18.7. The number of methoxy groups -OCH3 is 2. The van der Waals surface area contributed by atoms with Crippen molar-refractivity contribution in [2.75, 3.05) is 27.3 Å². The predicted octanol–water partition coefficient (Wildman–Crippen LogP) is 11.6. The topological polar surface area (TPSA) is 154 Å². The highest BCUT2D eigenvalue weighted by Gasteiger charge is 2.45. The molecule has 0 unspecified atom stereocenters. The first kappa shape index (κ1) is 51.4. The average Bonchev–Trinajstić information content (AvgIpc) is 4.31. The van der Waals surface area contributed by atoms with Crippen LogP contribution in [0.1, 0.15) is 85.7 Å². The molecule has 2 aromatic heterocycles. The lowest BCUT2D eigenvalue weighted by molar-refractivity contribution is -0.151. The molecule has 1 amide bonds. The van der Waals surface area contributed by atoms with E-state index in [1.807, 2.05) is 182 Å². The molecule has 8 aromatic rings. The number of oxazole rings is 2. The van der Waals surface area contributed by atoms with E-state index < -0.39 is 17.9 Å². The number of ether oxygens (including phenoxy) is 2. The van der Waals surface area contributed by atoms with Gasteiger partial charge in [-0.2, -0.15) is 0 Å². The highest BCUT2D eigenvalue weighted by atomic mass is 35.5. The first-order chi connectivity index (χ1) is 36.1. The van der Waals surface area contributed by atoms with E-state index in [2.05, 4.69) is 15.3 Å². The van der Waals surface area contributed by atoms with Gasteiger partial charge in [0.2, 0.25) is 11.1 Å². The number of benzene rings is 6. The monoisotopic (exact) mass is 999 g/mol. The Morgan fingerprint density at radius 2 is 0.973 bits per heavy atom. The summed E-state index contributed by atoms with van der Waals surface area (Å²) in [5.74, 6) is 0.773. The van der Waals surface area contributed by atoms with Crippen LogP contribution in [0.25, 0.3) is 22.6 Å². The third kappa shape index (κ3) is 13.5. The molecule has 2 aliphatic rings. The van der Waals surface area contributed by atoms with Crippen LogP contribution in [-0.4, -0.2) is 77.3 Å². The highest BCUT2D eigenvalue weighted by molar-refractivity contribution is 6.65. The second-order valence-corrected chi connectivity index (χ2v) is 17.4. The minimum absolute atomic E-state index is 0.108. The van der Waals surface area contributed by atoms with E-state index in [-0.39, 0.29) is 40.9 Å². The number of esters is 2. The summed E-state index contributed by atoms with van der Waals surface area (Å²) in [7, 11) is 2.75. The predicted molar refractivity (Wildman–Crippen MR) is 282 cm³/mol. The Labute approximate surface area is 432 Å². The van der Waals surface area contributed by atoms with Gasteiger partial charge in [-0.15, -0.1) is 0 Å². The summed E-state index contributed by atoms with van der Waals surface area (Å²) < 4.78 is 27.9. The smallest absolute Gasteiger partial charge is 0.328 e. The van der Waals surface area contributed by atoms with Gasteiger partial charge in [0.15, 0.2) is 23.3 Å². The fourth-order valence-corrected chi connectivity index (χ4v) is 9.22. The maximum Gasteiger partial charge on any atom is 0.328 e. The number of nitrogens with zero attached hydrogens (tertiary/aromatic N) is 3. The molecule has 0 spiro atoms.